The third-order valence-electron chi connectivity index (χ3n) is 4.90. The summed E-state index contributed by atoms with van der Waals surface area (Å²) in [7, 11) is -1.33. The van der Waals surface area contributed by atoms with Crippen LogP contribution < -0.4 is 14.2 Å². The average molecular weight is 505 g/mol. The number of ketones is 1. The van der Waals surface area contributed by atoms with Crippen LogP contribution in [0.15, 0.2) is 65.6 Å². The highest BCUT2D eigenvalue weighted by Gasteiger charge is 2.24. The highest BCUT2D eigenvalue weighted by atomic mass is 32.2. The molecule has 0 amide bonds. The predicted octanol–water partition coefficient (Wildman–Crippen LogP) is 4.21. The van der Waals surface area contributed by atoms with Crippen molar-refractivity contribution in [2.75, 3.05) is 18.9 Å². The van der Waals surface area contributed by atoms with Crippen LogP contribution in [0.25, 0.3) is 0 Å². The zero-order valence-electron chi connectivity index (χ0n) is 18.9. The van der Waals surface area contributed by atoms with E-state index >= 15 is 0 Å². The summed E-state index contributed by atoms with van der Waals surface area (Å²) >= 11 is 0. The molecule has 1 N–H and O–H groups in total. The van der Waals surface area contributed by atoms with Gasteiger partial charge in [-0.15, -0.1) is 0 Å². The highest BCUT2D eigenvalue weighted by molar-refractivity contribution is 7.92. The number of carbonyl (C=O) groups excluding carboxylic acids is 2. The molecule has 0 spiro atoms. The maximum atomic E-state index is 13.4. The molecule has 0 heterocycles. The van der Waals surface area contributed by atoms with Crippen molar-refractivity contribution in [2.45, 2.75) is 17.9 Å². The van der Waals surface area contributed by atoms with Crippen molar-refractivity contribution >= 4 is 27.5 Å². The summed E-state index contributed by atoms with van der Waals surface area (Å²) in [6.45, 7) is 1.41. The molecule has 1 atom stereocenters. The molecule has 0 aliphatic rings. The molecule has 0 saturated carbocycles. The number of anilines is 1. The topological polar surface area (TPSA) is 108 Å². The summed E-state index contributed by atoms with van der Waals surface area (Å²) in [5.74, 6) is -3.03. The van der Waals surface area contributed by atoms with Crippen LogP contribution in [0.2, 0.25) is 0 Å². The van der Waals surface area contributed by atoms with Crippen molar-refractivity contribution in [1.29, 1.82) is 0 Å². The first-order chi connectivity index (χ1) is 16.6. The number of hydrogen-bond donors (Lipinski definition) is 1. The summed E-state index contributed by atoms with van der Waals surface area (Å²) in [6.07, 6.45) is -1.14. The van der Waals surface area contributed by atoms with Crippen LogP contribution in [0.4, 0.5) is 14.5 Å². The lowest BCUT2D eigenvalue weighted by molar-refractivity contribution is 0.0317. The van der Waals surface area contributed by atoms with E-state index in [0.717, 1.165) is 6.07 Å². The molecule has 0 saturated heterocycles. The van der Waals surface area contributed by atoms with Crippen molar-refractivity contribution in [2.24, 2.45) is 0 Å². The first kappa shape index (κ1) is 25.6. The van der Waals surface area contributed by atoms with Crippen LogP contribution in [-0.4, -0.2) is 40.5 Å². The predicted molar refractivity (Wildman–Crippen MR) is 122 cm³/mol. The van der Waals surface area contributed by atoms with Gasteiger partial charge < -0.3 is 14.2 Å². The van der Waals surface area contributed by atoms with E-state index < -0.39 is 44.4 Å². The molecule has 0 aliphatic carbocycles. The number of carbonyl (C=O) groups is 2. The Kier molecular flexibility index (Phi) is 7.70. The SMILES string of the molecule is COc1ccc(C(=O)[C@@H](C)OC(=O)c2ccc(NS(=O)(=O)c3ccc(F)c(F)c3)cc2)c(OC)c1. The number of nitrogens with one attached hydrogen (secondary N) is 1. The Morgan fingerprint density at radius 3 is 2.17 bits per heavy atom. The normalized spacial score (nSPS) is 11.9. The maximum absolute atomic E-state index is 13.4. The van der Waals surface area contributed by atoms with Gasteiger partial charge in [-0.25, -0.2) is 22.0 Å². The summed E-state index contributed by atoms with van der Waals surface area (Å²) in [5, 5.41) is 0. The van der Waals surface area contributed by atoms with E-state index in [9.17, 15) is 26.8 Å². The van der Waals surface area contributed by atoms with Gasteiger partial charge >= 0.3 is 5.97 Å². The van der Waals surface area contributed by atoms with Gasteiger partial charge in [0.25, 0.3) is 10.0 Å². The molecule has 0 radical (unpaired) electrons. The minimum Gasteiger partial charge on any atom is -0.497 e. The lowest BCUT2D eigenvalue weighted by Crippen LogP contribution is -2.25. The second kappa shape index (κ2) is 10.5. The Hall–Kier alpha value is -3.99. The van der Waals surface area contributed by atoms with Crippen LogP contribution in [0.1, 0.15) is 27.6 Å². The van der Waals surface area contributed by atoms with Crippen LogP contribution in [-0.2, 0) is 14.8 Å². The molecule has 0 bridgehead atoms. The van der Waals surface area contributed by atoms with E-state index in [4.69, 9.17) is 14.2 Å². The first-order valence-electron chi connectivity index (χ1n) is 10.1. The number of benzene rings is 3. The van der Waals surface area contributed by atoms with Crippen LogP contribution in [0, 0.1) is 11.6 Å². The molecular weight excluding hydrogens is 484 g/mol. The van der Waals surface area contributed by atoms with Crippen LogP contribution >= 0.6 is 0 Å². The molecule has 0 fully saturated rings. The van der Waals surface area contributed by atoms with E-state index in [2.05, 4.69) is 4.72 Å². The molecule has 3 rings (SSSR count). The highest BCUT2D eigenvalue weighted by Crippen LogP contribution is 2.26. The Morgan fingerprint density at radius 2 is 1.57 bits per heavy atom. The fourth-order valence-corrected chi connectivity index (χ4v) is 4.11. The Labute approximate surface area is 200 Å². The number of hydrogen-bond acceptors (Lipinski definition) is 7. The Bertz CT molecular complexity index is 1360. The fourth-order valence-electron chi connectivity index (χ4n) is 3.04. The number of ether oxygens (including phenoxy) is 3. The molecular formula is C24H21F2NO7S. The first-order valence-corrected chi connectivity index (χ1v) is 11.6. The van der Waals surface area contributed by atoms with Gasteiger partial charge in [0.05, 0.1) is 30.2 Å². The van der Waals surface area contributed by atoms with Crippen molar-refractivity contribution in [3.05, 3.63) is 83.4 Å². The van der Waals surface area contributed by atoms with Crippen molar-refractivity contribution < 1.29 is 41.0 Å². The van der Waals surface area contributed by atoms with E-state index in [1.54, 1.807) is 6.07 Å². The molecule has 0 aliphatic heterocycles. The van der Waals surface area contributed by atoms with Gasteiger partial charge in [-0.2, -0.15) is 0 Å². The zero-order chi connectivity index (χ0) is 25.8. The van der Waals surface area contributed by atoms with Gasteiger partial charge in [0.2, 0.25) is 5.78 Å². The third kappa shape index (κ3) is 5.93. The minimum absolute atomic E-state index is 0.0575. The number of halogens is 2. The van der Waals surface area contributed by atoms with Gasteiger partial charge in [-0.3, -0.25) is 9.52 Å². The number of rotatable bonds is 9. The van der Waals surface area contributed by atoms with E-state index in [0.29, 0.717) is 17.9 Å². The summed E-state index contributed by atoms with van der Waals surface area (Å²) in [4.78, 5) is 24.8. The molecule has 0 unspecified atom stereocenters. The van der Waals surface area contributed by atoms with E-state index in [-0.39, 0.29) is 22.6 Å². The van der Waals surface area contributed by atoms with Crippen LogP contribution in [0.3, 0.4) is 0 Å². The summed E-state index contributed by atoms with van der Waals surface area (Å²) < 4.78 is 69.0. The Balaban J connectivity index is 1.69. The zero-order valence-corrected chi connectivity index (χ0v) is 19.7. The number of sulfonamides is 1. The van der Waals surface area contributed by atoms with Gasteiger partial charge in [0.15, 0.2) is 17.7 Å². The maximum Gasteiger partial charge on any atom is 0.338 e. The van der Waals surface area contributed by atoms with Gasteiger partial charge in [0.1, 0.15) is 11.5 Å². The lowest BCUT2D eigenvalue weighted by Gasteiger charge is -2.15. The molecule has 3 aromatic carbocycles. The van der Waals surface area contributed by atoms with Gasteiger partial charge in [0, 0.05) is 11.8 Å². The second-order valence-corrected chi connectivity index (χ2v) is 8.92. The van der Waals surface area contributed by atoms with Crippen molar-refractivity contribution in [3.63, 3.8) is 0 Å². The van der Waals surface area contributed by atoms with Crippen LogP contribution in [0.5, 0.6) is 11.5 Å². The Morgan fingerprint density at radius 1 is 0.886 bits per heavy atom. The second-order valence-electron chi connectivity index (χ2n) is 7.24. The van der Waals surface area contributed by atoms with Gasteiger partial charge in [-0.05, 0) is 61.5 Å². The average Bonchev–Trinajstić information content (AvgIpc) is 2.84. The number of esters is 1. The summed E-state index contributed by atoms with van der Waals surface area (Å²) in [5.41, 5.74) is 0.330. The fraction of sp³-hybridized carbons (Fsp3) is 0.167. The molecule has 11 heteroatoms. The molecule has 35 heavy (non-hydrogen) atoms. The van der Waals surface area contributed by atoms with Crippen molar-refractivity contribution in [3.8, 4) is 11.5 Å². The summed E-state index contributed by atoms with van der Waals surface area (Å²) in [6, 6.07) is 11.9. The molecule has 3 aromatic rings. The largest absolute Gasteiger partial charge is 0.497 e. The van der Waals surface area contributed by atoms with Crippen molar-refractivity contribution in [1.82, 2.24) is 0 Å². The number of Topliss-reactive ketones (excluding diaryl/α,β-unsaturated/α-hetero) is 1. The minimum atomic E-state index is -4.20. The molecule has 184 valence electrons. The van der Waals surface area contributed by atoms with Gasteiger partial charge in [-0.1, -0.05) is 0 Å². The van der Waals surface area contributed by atoms with E-state index in [1.165, 1.54) is 57.5 Å². The smallest absolute Gasteiger partial charge is 0.338 e. The quantitative estimate of drug-likeness (QED) is 0.343. The third-order valence-corrected chi connectivity index (χ3v) is 6.28. The standard InChI is InChI=1S/C24H21F2NO7S/c1-14(23(28)19-10-8-17(32-2)12-22(19)33-3)34-24(29)15-4-6-16(7-5-15)27-35(30,31)18-9-11-20(25)21(26)13-18/h4-14,27H,1-3H3/t14-/m1/s1. The number of methoxy groups -OCH3 is 2. The van der Waals surface area contributed by atoms with E-state index in [1.807, 2.05) is 0 Å². The monoisotopic (exact) mass is 505 g/mol. The lowest BCUT2D eigenvalue weighted by atomic mass is 10.1. The molecule has 0 aromatic heterocycles. The molecule has 8 nitrogen and oxygen atoms in total.